The van der Waals surface area contributed by atoms with Crippen LogP contribution in [0.3, 0.4) is 0 Å². The Bertz CT molecular complexity index is 791. The Morgan fingerprint density at radius 1 is 0.556 bits per heavy atom. The van der Waals surface area contributed by atoms with Crippen molar-refractivity contribution in [3.63, 3.8) is 0 Å². The molecule has 0 saturated heterocycles. The van der Waals surface area contributed by atoms with E-state index in [0.717, 1.165) is 0 Å². The van der Waals surface area contributed by atoms with Gasteiger partial charge in [0.25, 0.3) is 0 Å². The Kier molecular flexibility index (Phi) is 6.97. The number of fused-ring (bicyclic) bond motifs is 2. The smallest absolute Gasteiger partial charge is 0.0761 e. The maximum Gasteiger partial charge on any atom is 2.00 e. The molecule has 0 amide bonds. The van der Waals surface area contributed by atoms with Gasteiger partial charge in [-0.2, -0.15) is 0 Å². The summed E-state index contributed by atoms with van der Waals surface area (Å²) in [5.74, 6) is 0. The van der Waals surface area contributed by atoms with E-state index >= 15 is 0 Å². The maximum absolute atomic E-state index is 2.42. The monoisotopic (exact) mass is 431 g/mol. The van der Waals surface area contributed by atoms with Crippen molar-refractivity contribution >= 4 is 28.3 Å². The van der Waals surface area contributed by atoms with Crippen LogP contribution in [0.2, 0.25) is 39.3 Å². The van der Waals surface area contributed by atoms with Crippen LogP contribution in [0.15, 0.2) is 58.9 Å². The summed E-state index contributed by atoms with van der Waals surface area (Å²) in [4.78, 5) is 0. The third kappa shape index (κ3) is 5.45. The van der Waals surface area contributed by atoms with Crippen LogP contribution in [-0.2, 0) is 29.9 Å². The normalized spacial score (nSPS) is 14.9. The third-order valence-electron chi connectivity index (χ3n) is 5.46. The fraction of sp³-hybridized carbons (Fsp3) is 0.333. The molecule has 0 aromatic heterocycles. The predicted molar refractivity (Wildman–Crippen MR) is 123 cm³/mol. The molecule has 0 spiro atoms. The average Bonchev–Trinajstić information content (AvgIpc) is 3.19. The predicted octanol–water partition coefficient (Wildman–Crippen LogP) is 7.00. The Morgan fingerprint density at radius 2 is 0.889 bits per heavy atom. The first-order valence-corrected chi connectivity index (χ1v) is 16.7. The van der Waals surface area contributed by atoms with Gasteiger partial charge in [0.1, 0.15) is 0 Å². The summed E-state index contributed by atoms with van der Waals surface area (Å²) < 4.78 is 0. The maximum atomic E-state index is 2.42. The van der Waals surface area contributed by atoms with Crippen molar-refractivity contribution in [2.24, 2.45) is 0 Å². The Hall–Kier alpha value is -1.13. The molecule has 1 radical (unpaired) electrons. The van der Waals surface area contributed by atoms with Crippen LogP contribution in [0.1, 0.15) is 22.3 Å². The molecule has 141 valence electrons. The van der Waals surface area contributed by atoms with E-state index in [1.54, 1.807) is 10.4 Å². The molecule has 0 nitrogen and oxygen atoms in total. The minimum Gasteiger partial charge on any atom is -0.0761 e. The molecule has 2 aliphatic rings. The number of benzene rings is 2. The van der Waals surface area contributed by atoms with Crippen molar-refractivity contribution in [3.8, 4) is 0 Å². The Balaban J connectivity index is 0.000000187. The van der Waals surface area contributed by atoms with Gasteiger partial charge in [0.05, 0.1) is 16.1 Å². The summed E-state index contributed by atoms with van der Waals surface area (Å²) in [5, 5.41) is 3.38. The summed E-state index contributed by atoms with van der Waals surface area (Å²) in [7, 11) is -2.12. The Labute approximate surface area is 178 Å². The van der Waals surface area contributed by atoms with Gasteiger partial charge in [0.15, 0.2) is 0 Å². The summed E-state index contributed by atoms with van der Waals surface area (Å²) in [6.45, 7) is 14.5. The van der Waals surface area contributed by atoms with Crippen LogP contribution >= 0.6 is 0 Å². The van der Waals surface area contributed by atoms with E-state index in [1.165, 1.54) is 35.1 Å². The van der Waals surface area contributed by atoms with Gasteiger partial charge in [0.2, 0.25) is 0 Å². The molecule has 27 heavy (non-hydrogen) atoms. The first kappa shape index (κ1) is 22.2. The van der Waals surface area contributed by atoms with Gasteiger partial charge in [0, 0.05) is 0 Å². The van der Waals surface area contributed by atoms with Crippen molar-refractivity contribution in [1.82, 2.24) is 0 Å². The number of allylic oxidation sites excluding steroid dienone is 2. The molecular weight excluding hydrogens is 399 g/mol. The van der Waals surface area contributed by atoms with Gasteiger partial charge < -0.3 is 0 Å². The minimum absolute atomic E-state index is 0. The average molecular weight is 432 g/mol. The van der Waals surface area contributed by atoms with Crippen molar-refractivity contribution in [2.45, 2.75) is 52.1 Å². The largest absolute Gasteiger partial charge is 2.00 e. The van der Waals surface area contributed by atoms with E-state index in [1.807, 2.05) is 0 Å². The van der Waals surface area contributed by atoms with Crippen LogP contribution in [0.25, 0.3) is 12.2 Å². The molecule has 0 atom stereocenters. The van der Waals surface area contributed by atoms with E-state index in [4.69, 9.17) is 0 Å². The molecule has 0 fully saturated rings. The number of rotatable bonds is 2. The van der Waals surface area contributed by atoms with Crippen LogP contribution in [0.4, 0.5) is 0 Å². The molecule has 4 rings (SSSR count). The van der Waals surface area contributed by atoms with E-state index in [0.29, 0.717) is 0 Å². The first-order chi connectivity index (χ1) is 12.1. The molecular formula is C24H32MnSi2+2. The quantitative estimate of drug-likeness (QED) is 0.449. The van der Waals surface area contributed by atoms with E-state index in [9.17, 15) is 0 Å². The molecule has 0 bridgehead atoms. The zero-order valence-corrected chi connectivity index (χ0v) is 20.7. The molecule has 2 aromatic rings. The van der Waals surface area contributed by atoms with E-state index in [-0.39, 0.29) is 17.1 Å². The van der Waals surface area contributed by atoms with E-state index in [2.05, 4.69) is 100.0 Å². The summed E-state index contributed by atoms with van der Waals surface area (Å²) in [6, 6.07) is 17.5. The van der Waals surface area contributed by atoms with Crippen LogP contribution in [0, 0.1) is 0 Å². The topological polar surface area (TPSA) is 0 Å². The molecule has 0 saturated carbocycles. The number of hydrogen-bond donors (Lipinski definition) is 0. The zero-order chi connectivity index (χ0) is 18.9. The molecule has 2 aromatic carbocycles. The van der Waals surface area contributed by atoms with Gasteiger partial charge >= 0.3 is 17.1 Å². The summed E-state index contributed by atoms with van der Waals surface area (Å²) >= 11 is 0. The van der Waals surface area contributed by atoms with Crippen molar-refractivity contribution in [3.05, 3.63) is 81.2 Å². The van der Waals surface area contributed by atoms with E-state index < -0.39 is 16.1 Å². The van der Waals surface area contributed by atoms with Gasteiger partial charge in [-0.05, 0) is 35.1 Å². The third-order valence-corrected chi connectivity index (χ3v) is 9.95. The van der Waals surface area contributed by atoms with Gasteiger partial charge in [-0.25, -0.2) is 0 Å². The SMILES string of the molecule is C[Si](C)(C)C1=Cc2ccccc2C1.C[Si](C)(C)C1=Cc2ccccc2C1.[Mn+2]. The molecule has 0 heterocycles. The molecule has 0 unspecified atom stereocenters. The number of hydrogen-bond acceptors (Lipinski definition) is 0. The van der Waals surface area contributed by atoms with Crippen LogP contribution in [-0.4, -0.2) is 16.1 Å². The van der Waals surface area contributed by atoms with Crippen molar-refractivity contribution in [2.75, 3.05) is 0 Å². The molecule has 0 N–H and O–H groups in total. The summed E-state index contributed by atoms with van der Waals surface area (Å²) in [5.41, 5.74) is 5.92. The van der Waals surface area contributed by atoms with Crippen LogP contribution in [0.5, 0.6) is 0 Å². The first-order valence-electron chi connectivity index (χ1n) is 9.72. The molecule has 2 aliphatic carbocycles. The second-order valence-corrected chi connectivity index (χ2v) is 19.9. The van der Waals surface area contributed by atoms with Gasteiger partial charge in [-0.3, -0.25) is 0 Å². The second kappa shape index (κ2) is 8.49. The van der Waals surface area contributed by atoms with Gasteiger partial charge in [-0.1, -0.05) is 110 Å². The molecule has 3 heteroatoms. The van der Waals surface area contributed by atoms with Crippen molar-refractivity contribution < 1.29 is 17.1 Å². The van der Waals surface area contributed by atoms with Crippen molar-refractivity contribution in [1.29, 1.82) is 0 Å². The zero-order valence-electron chi connectivity index (χ0n) is 17.6. The second-order valence-electron chi connectivity index (χ2n) is 9.59. The molecule has 0 aliphatic heterocycles. The fourth-order valence-corrected chi connectivity index (χ4v) is 6.14. The fourth-order valence-electron chi connectivity index (χ4n) is 3.52. The summed E-state index contributed by atoms with van der Waals surface area (Å²) in [6.07, 6.45) is 7.21. The minimum atomic E-state index is -1.06. The van der Waals surface area contributed by atoms with Crippen LogP contribution < -0.4 is 0 Å². The van der Waals surface area contributed by atoms with Gasteiger partial charge in [-0.15, -0.1) is 0 Å². The standard InChI is InChI=1S/2C12H16Si.Mn/c2*1-13(2,3)12-8-10-6-4-5-7-11(10)9-12;/h2*4-8H,9H2,1-3H3;/q;;+2. The Morgan fingerprint density at radius 3 is 1.19 bits per heavy atom.